The molecule has 0 radical (unpaired) electrons. The molecule has 2 aliphatic carbocycles. The number of fused-ring (bicyclic) bond motifs is 1. The molecule has 2 aliphatic rings. The summed E-state index contributed by atoms with van der Waals surface area (Å²) in [6.45, 7) is 1.42. The first-order chi connectivity index (χ1) is 18.4. The smallest absolute Gasteiger partial charge is 0.274 e. The maximum atomic E-state index is 13.4. The number of carbonyl (C=O) groups is 1. The molecule has 1 amide bonds. The van der Waals surface area contributed by atoms with Crippen molar-refractivity contribution < 1.29 is 9.53 Å². The summed E-state index contributed by atoms with van der Waals surface area (Å²) < 4.78 is 9.71. The Hall–Kier alpha value is -4.65. The van der Waals surface area contributed by atoms with Crippen LogP contribution in [0.4, 0.5) is 17.5 Å². The summed E-state index contributed by atoms with van der Waals surface area (Å²) in [7, 11) is 1.88. The molecule has 10 heteroatoms. The fourth-order valence-corrected chi connectivity index (χ4v) is 4.87. The van der Waals surface area contributed by atoms with Crippen LogP contribution in [0.5, 0.6) is 11.5 Å². The van der Waals surface area contributed by atoms with Crippen LogP contribution in [-0.2, 0) is 11.8 Å². The highest BCUT2D eigenvalue weighted by atomic mass is 16.5. The maximum absolute atomic E-state index is 13.4. The number of imidazole rings is 1. The Labute approximate surface area is 218 Å². The van der Waals surface area contributed by atoms with Crippen molar-refractivity contribution >= 4 is 34.4 Å². The Bertz CT molecular complexity index is 1660. The lowest BCUT2D eigenvalue weighted by atomic mass is 9.81. The van der Waals surface area contributed by atoms with Crippen molar-refractivity contribution in [2.75, 3.05) is 10.6 Å². The lowest BCUT2D eigenvalue weighted by Gasteiger charge is -2.32. The van der Waals surface area contributed by atoms with Gasteiger partial charge in [0.25, 0.3) is 5.56 Å². The molecule has 0 bridgehead atoms. The van der Waals surface area contributed by atoms with Crippen molar-refractivity contribution in [3.8, 4) is 17.6 Å². The monoisotopic (exact) mass is 509 g/mol. The number of ether oxygens (including phenoxy) is 1. The van der Waals surface area contributed by atoms with Crippen LogP contribution < -0.4 is 20.9 Å². The third-order valence-corrected chi connectivity index (χ3v) is 7.17. The zero-order valence-electron chi connectivity index (χ0n) is 21.1. The largest absolute Gasteiger partial charge is 0.457 e. The van der Waals surface area contributed by atoms with Crippen LogP contribution in [0.2, 0.25) is 0 Å². The highest BCUT2D eigenvalue weighted by Crippen LogP contribution is 2.42. The number of carbonyl (C=O) groups excluding carboxylic acids is 1. The molecule has 3 heterocycles. The number of anilines is 3. The minimum Gasteiger partial charge on any atom is -0.457 e. The van der Waals surface area contributed by atoms with Gasteiger partial charge in [-0.1, -0.05) is 0 Å². The van der Waals surface area contributed by atoms with E-state index in [2.05, 4.69) is 21.7 Å². The number of hydrogen-bond donors (Lipinski definition) is 2. The van der Waals surface area contributed by atoms with Crippen LogP contribution in [0.1, 0.15) is 50.1 Å². The molecule has 2 saturated carbocycles. The quantitative estimate of drug-likeness (QED) is 0.360. The van der Waals surface area contributed by atoms with Crippen LogP contribution in [-0.4, -0.2) is 25.0 Å². The van der Waals surface area contributed by atoms with E-state index in [1.54, 1.807) is 18.3 Å². The molecule has 4 aromatic rings. The Morgan fingerprint density at radius 2 is 1.95 bits per heavy atom. The van der Waals surface area contributed by atoms with Gasteiger partial charge in [0.1, 0.15) is 23.0 Å². The highest BCUT2D eigenvalue weighted by Gasteiger charge is 2.33. The van der Waals surface area contributed by atoms with E-state index >= 15 is 0 Å². The molecule has 0 aliphatic heterocycles. The maximum Gasteiger partial charge on any atom is 0.274 e. The van der Waals surface area contributed by atoms with Gasteiger partial charge in [0.2, 0.25) is 11.9 Å². The molecule has 0 unspecified atom stereocenters. The number of nitrogens with one attached hydrogen (secondary N) is 2. The molecule has 38 heavy (non-hydrogen) atoms. The van der Waals surface area contributed by atoms with E-state index in [-0.39, 0.29) is 23.4 Å². The first-order valence-electron chi connectivity index (χ1n) is 12.7. The lowest BCUT2D eigenvalue weighted by molar-refractivity contribution is -0.114. The summed E-state index contributed by atoms with van der Waals surface area (Å²) in [5.41, 5.74) is 3.13. The fraction of sp³-hybridized carbons (Fsp3) is 0.321. The molecule has 0 spiro atoms. The molecule has 0 atom stereocenters. The molecular formula is C28H27N7O3. The number of pyridine rings is 2. The molecular weight excluding hydrogens is 482 g/mol. The van der Waals surface area contributed by atoms with Crippen LogP contribution in [0.25, 0.3) is 11.0 Å². The van der Waals surface area contributed by atoms with Crippen LogP contribution in [0, 0.1) is 17.2 Å². The van der Waals surface area contributed by atoms with Gasteiger partial charge in [-0.2, -0.15) is 5.26 Å². The Balaban J connectivity index is 1.28. The van der Waals surface area contributed by atoms with Gasteiger partial charge in [0, 0.05) is 44.5 Å². The van der Waals surface area contributed by atoms with Gasteiger partial charge in [0.05, 0.1) is 23.0 Å². The first-order valence-corrected chi connectivity index (χ1v) is 12.7. The van der Waals surface area contributed by atoms with Crippen molar-refractivity contribution in [3.63, 3.8) is 0 Å². The average Bonchev–Trinajstić information content (AvgIpc) is 3.66. The normalized spacial score (nSPS) is 18.4. The van der Waals surface area contributed by atoms with Crippen LogP contribution >= 0.6 is 0 Å². The summed E-state index contributed by atoms with van der Waals surface area (Å²) in [4.78, 5) is 33.6. The van der Waals surface area contributed by atoms with Crippen molar-refractivity contribution in [2.45, 2.75) is 44.6 Å². The predicted octanol–water partition coefficient (Wildman–Crippen LogP) is 4.98. The number of nitrogens with zero attached hydrogens (tertiary/aromatic N) is 5. The zero-order valence-corrected chi connectivity index (χ0v) is 21.1. The highest BCUT2D eigenvalue weighted by molar-refractivity contribution is 5.87. The van der Waals surface area contributed by atoms with Crippen molar-refractivity contribution in [1.82, 2.24) is 19.1 Å². The minimum absolute atomic E-state index is 0.0216. The summed E-state index contributed by atoms with van der Waals surface area (Å²) >= 11 is 0. The van der Waals surface area contributed by atoms with E-state index in [1.807, 2.05) is 46.6 Å². The van der Waals surface area contributed by atoms with Crippen molar-refractivity contribution in [3.05, 3.63) is 64.7 Å². The summed E-state index contributed by atoms with van der Waals surface area (Å²) in [6.07, 6.45) is 7.23. The van der Waals surface area contributed by atoms with Gasteiger partial charge in [-0.25, -0.2) is 9.97 Å². The molecule has 2 fully saturated rings. The van der Waals surface area contributed by atoms with E-state index in [1.165, 1.54) is 6.92 Å². The number of hydrogen-bond acceptors (Lipinski definition) is 7. The number of aryl methyl sites for hydroxylation is 1. The van der Waals surface area contributed by atoms with Gasteiger partial charge < -0.3 is 24.5 Å². The molecule has 3 aromatic heterocycles. The van der Waals surface area contributed by atoms with Crippen molar-refractivity contribution in [2.24, 2.45) is 13.0 Å². The molecule has 0 saturated heterocycles. The van der Waals surface area contributed by atoms with E-state index in [0.717, 1.165) is 29.4 Å². The van der Waals surface area contributed by atoms with E-state index in [4.69, 9.17) is 9.72 Å². The number of nitriles is 1. The van der Waals surface area contributed by atoms with E-state index in [9.17, 15) is 14.9 Å². The number of benzene rings is 1. The van der Waals surface area contributed by atoms with Crippen LogP contribution in [0.3, 0.4) is 0 Å². The second-order valence-corrected chi connectivity index (χ2v) is 10.1. The van der Waals surface area contributed by atoms with E-state index < -0.39 is 0 Å². The van der Waals surface area contributed by atoms with E-state index in [0.29, 0.717) is 47.7 Å². The second-order valence-electron chi connectivity index (χ2n) is 10.1. The summed E-state index contributed by atoms with van der Waals surface area (Å²) in [5.74, 6) is 2.39. The Morgan fingerprint density at radius 3 is 2.68 bits per heavy atom. The average molecular weight is 510 g/mol. The van der Waals surface area contributed by atoms with Gasteiger partial charge in [0.15, 0.2) is 0 Å². The molecule has 6 rings (SSSR count). The molecule has 2 N–H and O–H groups in total. The van der Waals surface area contributed by atoms with Crippen molar-refractivity contribution in [1.29, 1.82) is 5.26 Å². The molecule has 192 valence electrons. The number of aromatic nitrogens is 4. The number of amides is 1. The Morgan fingerprint density at radius 1 is 1.16 bits per heavy atom. The van der Waals surface area contributed by atoms with Gasteiger partial charge in [-0.15, -0.1) is 0 Å². The second kappa shape index (κ2) is 9.34. The number of rotatable bonds is 7. The SMILES string of the molecule is CC(=O)Nc1cc(Oc2ccc3nc(Nc4cc(C5CC5)cn([C@H]5C[C@H](C#N)C5)c4=O)n(C)c3c2)ccn1. The lowest BCUT2D eigenvalue weighted by Crippen LogP contribution is -2.34. The Kier molecular flexibility index (Phi) is 5.83. The van der Waals surface area contributed by atoms with Gasteiger partial charge >= 0.3 is 0 Å². The molecule has 10 nitrogen and oxygen atoms in total. The third-order valence-electron chi connectivity index (χ3n) is 7.17. The van der Waals surface area contributed by atoms with Gasteiger partial charge in [-0.3, -0.25) is 9.59 Å². The molecule has 1 aromatic carbocycles. The fourth-order valence-electron chi connectivity index (χ4n) is 4.87. The zero-order chi connectivity index (χ0) is 26.4. The van der Waals surface area contributed by atoms with Crippen LogP contribution in [0.15, 0.2) is 53.6 Å². The standard InChI is InChI=1S/C28H27N7O3/c1-16(36)31-26-13-22(7-8-30-26)38-21-5-6-23-25(12-21)34(2)28(32-23)33-24-11-19(18-3-4-18)15-35(27(24)37)20-9-17(10-20)14-29/h5-8,11-13,15,17-18,20H,3-4,9-10H2,1-2H3,(H,32,33)(H,30,31,36)/t17-,20-. The predicted molar refractivity (Wildman–Crippen MR) is 143 cm³/mol. The minimum atomic E-state index is -0.209. The summed E-state index contributed by atoms with van der Waals surface area (Å²) in [5, 5.41) is 15.1. The topological polar surface area (TPSA) is 127 Å². The third kappa shape index (κ3) is 4.59. The summed E-state index contributed by atoms with van der Waals surface area (Å²) in [6, 6.07) is 13.2. The first kappa shape index (κ1) is 23.7. The van der Waals surface area contributed by atoms with Gasteiger partial charge in [-0.05, 0) is 61.4 Å².